The quantitative estimate of drug-likeness (QED) is 0.403. The van der Waals surface area contributed by atoms with Gasteiger partial charge in [0.25, 0.3) is 0 Å². The average molecular weight is 459 g/mol. The van der Waals surface area contributed by atoms with Crippen molar-refractivity contribution in [1.29, 1.82) is 0 Å². The van der Waals surface area contributed by atoms with Crippen molar-refractivity contribution in [2.75, 3.05) is 11.9 Å². The van der Waals surface area contributed by atoms with Crippen LogP contribution >= 0.6 is 23.4 Å². The lowest BCUT2D eigenvalue weighted by molar-refractivity contribution is -0.139. The molecule has 31 heavy (non-hydrogen) atoms. The van der Waals surface area contributed by atoms with Crippen LogP contribution in [0.2, 0.25) is 5.02 Å². The third-order valence-electron chi connectivity index (χ3n) is 4.82. The van der Waals surface area contributed by atoms with E-state index in [9.17, 15) is 9.18 Å². The topological polar surface area (TPSA) is 69.0 Å². The van der Waals surface area contributed by atoms with Gasteiger partial charge in [-0.3, -0.25) is 0 Å². The summed E-state index contributed by atoms with van der Waals surface area (Å²) in [6.07, 6.45) is 0. The van der Waals surface area contributed by atoms with E-state index in [-0.39, 0.29) is 12.4 Å². The van der Waals surface area contributed by atoms with Gasteiger partial charge in [0.05, 0.1) is 12.2 Å². The van der Waals surface area contributed by atoms with Crippen LogP contribution in [0.3, 0.4) is 0 Å². The first-order chi connectivity index (χ1) is 15.0. The van der Waals surface area contributed by atoms with Gasteiger partial charge in [0, 0.05) is 16.5 Å². The number of hydrogen-bond donors (Lipinski definition) is 1. The maximum atomic E-state index is 13.3. The Balaban J connectivity index is 1.67. The lowest BCUT2D eigenvalue weighted by Gasteiger charge is -2.28. The summed E-state index contributed by atoms with van der Waals surface area (Å²) >= 11 is 7.51. The van der Waals surface area contributed by atoms with Crippen LogP contribution in [-0.2, 0) is 15.3 Å². The van der Waals surface area contributed by atoms with Crippen LogP contribution in [0, 0.1) is 5.82 Å². The number of thioether (sulfide) groups is 1. The molecule has 2 aromatic carbocycles. The number of fused-ring (bicyclic) bond motifs is 1. The van der Waals surface area contributed by atoms with Gasteiger partial charge >= 0.3 is 5.97 Å². The van der Waals surface area contributed by atoms with E-state index in [0.29, 0.717) is 33.2 Å². The van der Waals surface area contributed by atoms with E-state index in [1.54, 1.807) is 17.7 Å². The molecule has 0 bridgehead atoms. The summed E-state index contributed by atoms with van der Waals surface area (Å²) in [7, 11) is 0. The van der Waals surface area contributed by atoms with Gasteiger partial charge in [0.2, 0.25) is 11.1 Å². The largest absolute Gasteiger partial charge is 0.463 e. The molecule has 2 heterocycles. The van der Waals surface area contributed by atoms with E-state index in [1.165, 1.54) is 23.9 Å². The molecule has 1 aromatic heterocycles. The number of carbonyl (C=O) groups is 1. The van der Waals surface area contributed by atoms with Crippen molar-refractivity contribution < 1.29 is 13.9 Å². The maximum absolute atomic E-state index is 13.3. The summed E-state index contributed by atoms with van der Waals surface area (Å²) in [4.78, 5) is 17.3. The van der Waals surface area contributed by atoms with Gasteiger partial charge in [-0.2, -0.15) is 4.98 Å². The van der Waals surface area contributed by atoms with Crippen LogP contribution in [0.1, 0.15) is 31.0 Å². The number of benzene rings is 2. The Morgan fingerprint density at radius 1 is 1.29 bits per heavy atom. The zero-order valence-corrected chi connectivity index (χ0v) is 18.5. The Morgan fingerprint density at radius 3 is 2.77 bits per heavy atom. The van der Waals surface area contributed by atoms with Crippen LogP contribution in [-0.4, -0.2) is 27.3 Å². The van der Waals surface area contributed by atoms with Crippen molar-refractivity contribution in [2.24, 2.45) is 0 Å². The Bertz CT molecular complexity index is 1150. The number of rotatable bonds is 6. The molecule has 9 heteroatoms. The molecular weight excluding hydrogens is 439 g/mol. The van der Waals surface area contributed by atoms with E-state index < -0.39 is 12.0 Å². The summed E-state index contributed by atoms with van der Waals surface area (Å²) in [5.74, 6) is 0.245. The first kappa shape index (κ1) is 21.4. The monoisotopic (exact) mass is 458 g/mol. The minimum absolute atomic E-state index is 0.279. The molecule has 1 unspecified atom stereocenters. The number of hydrogen-bond acceptors (Lipinski definition) is 6. The highest BCUT2D eigenvalue weighted by Crippen LogP contribution is 2.37. The molecule has 0 aliphatic carbocycles. The third kappa shape index (κ3) is 4.45. The fraction of sp³-hybridized carbons (Fsp3) is 0.227. The van der Waals surface area contributed by atoms with Crippen molar-refractivity contribution in [3.63, 3.8) is 0 Å². The van der Waals surface area contributed by atoms with Gasteiger partial charge in [-0.05, 0) is 37.1 Å². The standard InChI is InChI=1S/C22H20ClFN4O2S/c1-3-30-20(29)18-13(2)25-21-26-22(31-12-15-9-10-16(24)11-17(15)23)27-28(21)19(18)14-7-5-4-6-8-14/h4-11,19H,3,12H2,1-2H3,(H,25,26,27). The second-order valence-electron chi connectivity index (χ2n) is 6.88. The molecule has 0 spiro atoms. The zero-order valence-electron chi connectivity index (χ0n) is 16.9. The molecule has 3 aromatic rings. The third-order valence-corrected chi connectivity index (χ3v) is 6.05. The fourth-order valence-corrected chi connectivity index (χ4v) is 4.54. The van der Waals surface area contributed by atoms with Crippen molar-refractivity contribution in [3.8, 4) is 0 Å². The molecule has 1 atom stereocenters. The zero-order chi connectivity index (χ0) is 22.0. The van der Waals surface area contributed by atoms with Crippen molar-refractivity contribution >= 4 is 35.3 Å². The van der Waals surface area contributed by atoms with Crippen LogP contribution < -0.4 is 5.32 Å². The number of anilines is 1. The summed E-state index contributed by atoms with van der Waals surface area (Å²) in [5.41, 5.74) is 2.85. The fourth-order valence-electron chi connectivity index (χ4n) is 3.39. The molecule has 0 saturated carbocycles. The second kappa shape index (κ2) is 9.11. The lowest BCUT2D eigenvalue weighted by atomic mass is 9.96. The first-order valence-electron chi connectivity index (χ1n) is 9.71. The molecular formula is C22H20ClFN4O2S. The smallest absolute Gasteiger partial charge is 0.338 e. The van der Waals surface area contributed by atoms with Crippen molar-refractivity contribution in [1.82, 2.24) is 14.8 Å². The Kier molecular flexibility index (Phi) is 6.29. The van der Waals surface area contributed by atoms with Gasteiger partial charge in [-0.1, -0.05) is 59.8 Å². The highest BCUT2D eigenvalue weighted by Gasteiger charge is 2.35. The molecule has 1 aliphatic heterocycles. The van der Waals surface area contributed by atoms with Gasteiger partial charge < -0.3 is 10.1 Å². The minimum Gasteiger partial charge on any atom is -0.463 e. The number of nitrogens with zero attached hydrogens (tertiary/aromatic N) is 3. The van der Waals surface area contributed by atoms with Crippen molar-refractivity contribution in [2.45, 2.75) is 30.8 Å². The van der Waals surface area contributed by atoms with E-state index in [1.807, 2.05) is 37.3 Å². The summed E-state index contributed by atoms with van der Waals surface area (Å²) < 4.78 is 20.3. The Hall–Kier alpha value is -2.84. The summed E-state index contributed by atoms with van der Waals surface area (Å²) in [5, 5.41) is 8.69. The van der Waals surface area contributed by atoms with Crippen LogP contribution in [0.4, 0.5) is 10.3 Å². The normalized spacial score (nSPS) is 15.4. The molecule has 6 nitrogen and oxygen atoms in total. The predicted molar refractivity (Wildman–Crippen MR) is 119 cm³/mol. The number of ether oxygens (including phenoxy) is 1. The van der Waals surface area contributed by atoms with Gasteiger partial charge in [0.15, 0.2) is 0 Å². The lowest BCUT2D eigenvalue weighted by Crippen LogP contribution is -2.29. The highest BCUT2D eigenvalue weighted by atomic mass is 35.5. The predicted octanol–water partition coefficient (Wildman–Crippen LogP) is 5.21. The molecule has 4 rings (SSSR count). The van der Waals surface area contributed by atoms with Gasteiger partial charge in [0.1, 0.15) is 11.9 Å². The molecule has 0 fully saturated rings. The van der Waals surface area contributed by atoms with Crippen LogP contribution in [0.5, 0.6) is 0 Å². The molecule has 160 valence electrons. The van der Waals surface area contributed by atoms with E-state index in [0.717, 1.165) is 11.1 Å². The van der Waals surface area contributed by atoms with Gasteiger partial charge in [-0.25, -0.2) is 13.9 Å². The van der Waals surface area contributed by atoms with E-state index in [2.05, 4.69) is 15.4 Å². The number of carbonyl (C=O) groups excluding carboxylic acids is 1. The van der Waals surface area contributed by atoms with Crippen LogP contribution in [0.15, 0.2) is 65.0 Å². The summed E-state index contributed by atoms with van der Waals surface area (Å²) in [6.45, 7) is 3.88. The number of esters is 1. The maximum Gasteiger partial charge on any atom is 0.338 e. The summed E-state index contributed by atoms with van der Waals surface area (Å²) in [6, 6.07) is 13.5. The highest BCUT2D eigenvalue weighted by molar-refractivity contribution is 7.98. The average Bonchev–Trinajstić information content (AvgIpc) is 3.15. The van der Waals surface area contributed by atoms with Gasteiger partial charge in [-0.15, -0.1) is 5.10 Å². The first-order valence-corrected chi connectivity index (χ1v) is 11.1. The van der Waals surface area contributed by atoms with Crippen LogP contribution in [0.25, 0.3) is 0 Å². The minimum atomic E-state index is -0.465. The molecule has 0 saturated heterocycles. The Labute approximate surface area is 188 Å². The van der Waals surface area contributed by atoms with E-state index >= 15 is 0 Å². The molecule has 1 N–H and O–H groups in total. The Morgan fingerprint density at radius 2 is 2.06 bits per heavy atom. The molecule has 1 aliphatic rings. The van der Waals surface area contributed by atoms with E-state index in [4.69, 9.17) is 16.3 Å². The SMILES string of the molecule is CCOC(=O)C1=C(C)Nc2nc(SCc3ccc(F)cc3Cl)nn2C1c1ccccc1. The number of allylic oxidation sites excluding steroid dienone is 1. The van der Waals surface area contributed by atoms with Crippen molar-refractivity contribution in [3.05, 3.63) is 81.8 Å². The number of aromatic nitrogens is 3. The number of halogens is 2. The molecule has 0 amide bonds. The number of nitrogens with one attached hydrogen (secondary N) is 1. The second-order valence-corrected chi connectivity index (χ2v) is 8.23. The molecule has 0 radical (unpaired) electrons.